The molecule has 0 spiro atoms. The molecule has 94 valence electrons. The molecule has 0 aliphatic heterocycles. The first-order valence-corrected chi connectivity index (χ1v) is 5.96. The Bertz CT molecular complexity index is 381. The van der Waals surface area contributed by atoms with Crippen molar-refractivity contribution in [3.63, 3.8) is 0 Å². The third kappa shape index (κ3) is 4.13. The van der Waals surface area contributed by atoms with Crippen LogP contribution in [0.2, 0.25) is 0 Å². The van der Waals surface area contributed by atoms with Gasteiger partial charge in [0.25, 0.3) is 5.91 Å². The fourth-order valence-corrected chi connectivity index (χ4v) is 1.69. The maximum Gasteiger partial charge on any atom is 0.256 e. The fraction of sp³-hybridized carbons (Fsp3) is 0.538. The molecule has 0 fully saturated rings. The van der Waals surface area contributed by atoms with Crippen molar-refractivity contribution in [1.82, 2.24) is 10.3 Å². The van der Waals surface area contributed by atoms with Gasteiger partial charge in [0.2, 0.25) is 5.95 Å². The lowest BCUT2D eigenvalue weighted by Gasteiger charge is -2.17. The van der Waals surface area contributed by atoms with E-state index < -0.39 is 11.9 Å². The van der Waals surface area contributed by atoms with Crippen LogP contribution < -0.4 is 5.32 Å². The van der Waals surface area contributed by atoms with Crippen molar-refractivity contribution in [3.05, 3.63) is 29.8 Å². The SMILES string of the molecule is CCC(C)CC(C)NC(=O)c1cccnc1F. The van der Waals surface area contributed by atoms with E-state index in [0.717, 1.165) is 12.8 Å². The van der Waals surface area contributed by atoms with Crippen LogP contribution >= 0.6 is 0 Å². The van der Waals surface area contributed by atoms with Crippen molar-refractivity contribution in [2.75, 3.05) is 0 Å². The summed E-state index contributed by atoms with van der Waals surface area (Å²) in [4.78, 5) is 15.2. The monoisotopic (exact) mass is 238 g/mol. The van der Waals surface area contributed by atoms with E-state index in [1.54, 1.807) is 6.07 Å². The first-order valence-electron chi connectivity index (χ1n) is 5.96. The van der Waals surface area contributed by atoms with Crippen molar-refractivity contribution in [2.45, 2.75) is 39.7 Å². The zero-order valence-corrected chi connectivity index (χ0v) is 10.5. The second-order valence-electron chi connectivity index (χ2n) is 4.47. The number of carbonyl (C=O) groups is 1. The maximum atomic E-state index is 13.2. The number of hydrogen-bond acceptors (Lipinski definition) is 2. The smallest absolute Gasteiger partial charge is 0.256 e. The van der Waals surface area contributed by atoms with Crippen molar-refractivity contribution in [3.8, 4) is 0 Å². The first kappa shape index (κ1) is 13.6. The van der Waals surface area contributed by atoms with E-state index in [9.17, 15) is 9.18 Å². The third-order valence-corrected chi connectivity index (χ3v) is 2.83. The van der Waals surface area contributed by atoms with Gasteiger partial charge in [-0.1, -0.05) is 20.3 Å². The van der Waals surface area contributed by atoms with Gasteiger partial charge in [0.15, 0.2) is 0 Å². The van der Waals surface area contributed by atoms with Crippen LogP contribution in [0.4, 0.5) is 4.39 Å². The second-order valence-corrected chi connectivity index (χ2v) is 4.47. The topological polar surface area (TPSA) is 42.0 Å². The molecule has 1 aromatic heterocycles. The van der Waals surface area contributed by atoms with Gasteiger partial charge < -0.3 is 5.32 Å². The van der Waals surface area contributed by atoms with E-state index in [1.807, 2.05) is 6.92 Å². The Kier molecular flexibility index (Phi) is 5.07. The van der Waals surface area contributed by atoms with Crippen LogP contribution in [0.25, 0.3) is 0 Å². The van der Waals surface area contributed by atoms with Crippen LogP contribution in [-0.2, 0) is 0 Å². The Morgan fingerprint density at radius 2 is 2.24 bits per heavy atom. The number of rotatable bonds is 5. The number of nitrogens with one attached hydrogen (secondary N) is 1. The lowest BCUT2D eigenvalue weighted by atomic mass is 10.0. The van der Waals surface area contributed by atoms with Crippen LogP contribution in [0.15, 0.2) is 18.3 Å². The molecule has 0 saturated carbocycles. The molecule has 2 unspecified atom stereocenters. The highest BCUT2D eigenvalue weighted by atomic mass is 19.1. The Morgan fingerprint density at radius 3 is 2.82 bits per heavy atom. The van der Waals surface area contributed by atoms with Gasteiger partial charge in [-0.05, 0) is 31.4 Å². The molecule has 0 bridgehead atoms. The molecule has 3 nitrogen and oxygen atoms in total. The second kappa shape index (κ2) is 6.33. The molecule has 0 aliphatic rings. The minimum absolute atomic E-state index is 0.00324. The number of aromatic nitrogens is 1. The van der Waals surface area contributed by atoms with E-state index in [2.05, 4.69) is 24.1 Å². The summed E-state index contributed by atoms with van der Waals surface area (Å²) in [5, 5.41) is 2.78. The lowest BCUT2D eigenvalue weighted by molar-refractivity contribution is 0.0930. The average Bonchev–Trinajstić information content (AvgIpc) is 2.29. The molecule has 2 atom stereocenters. The molecule has 4 heteroatoms. The van der Waals surface area contributed by atoms with Gasteiger partial charge in [0.05, 0.1) is 5.56 Å². The number of hydrogen-bond donors (Lipinski definition) is 1. The standard InChI is InChI=1S/C13H19FN2O/c1-4-9(2)8-10(3)16-13(17)11-6-5-7-15-12(11)14/h5-7,9-10H,4,8H2,1-3H3,(H,16,17). The van der Waals surface area contributed by atoms with Crippen LogP contribution in [0.1, 0.15) is 44.0 Å². The summed E-state index contributed by atoms with van der Waals surface area (Å²) < 4.78 is 13.2. The van der Waals surface area contributed by atoms with Crippen molar-refractivity contribution in [1.29, 1.82) is 0 Å². The summed E-state index contributed by atoms with van der Waals surface area (Å²) >= 11 is 0. The van der Waals surface area contributed by atoms with Crippen LogP contribution in [-0.4, -0.2) is 16.9 Å². The van der Waals surface area contributed by atoms with Crippen molar-refractivity contribution >= 4 is 5.91 Å². The van der Waals surface area contributed by atoms with Gasteiger partial charge in [-0.3, -0.25) is 4.79 Å². The highest BCUT2D eigenvalue weighted by Gasteiger charge is 2.15. The van der Waals surface area contributed by atoms with Gasteiger partial charge >= 0.3 is 0 Å². The molecule has 0 radical (unpaired) electrons. The Labute approximate surface area is 101 Å². The highest BCUT2D eigenvalue weighted by molar-refractivity contribution is 5.94. The predicted octanol–water partition coefficient (Wildman–Crippen LogP) is 2.78. The summed E-state index contributed by atoms with van der Waals surface area (Å²) in [5.74, 6) is -0.573. The van der Waals surface area contributed by atoms with E-state index >= 15 is 0 Å². The van der Waals surface area contributed by atoms with E-state index in [0.29, 0.717) is 5.92 Å². The normalized spacial score (nSPS) is 14.1. The third-order valence-electron chi connectivity index (χ3n) is 2.83. The quantitative estimate of drug-likeness (QED) is 0.801. The highest BCUT2D eigenvalue weighted by Crippen LogP contribution is 2.10. The molecule has 0 aromatic carbocycles. The lowest BCUT2D eigenvalue weighted by Crippen LogP contribution is -2.34. The zero-order chi connectivity index (χ0) is 12.8. The molecule has 1 aromatic rings. The minimum Gasteiger partial charge on any atom is -0.349 e. The number of amides is 1. The predicted molar refractivity (Wildman–Crippen MR) is 65.2 cm³/mol. The number of carbonyl (C=O) groups excluding carboxylic acids is 1. The van der Waals surface area contributed by atoms with E-state index in [-0.39, 0.29) is 11.6 Å². The summed E-state index contributed by atoms with van der Waals surface area (Å²) in [5.41, 5.74) is 0.00324. The van der Waals surface area contributed by atoms with E-state index in [4.69, 9.17) is 0 Å². The van der Waals surface area contributed by atoms with Crippen LogP contribution in [0.5, 0.6) is 0 Å². The Morgan fingerprint density at radius 1 is 1.53 bits per heavy atom. The van der Waals surface area contributed by atoms with Crippen molar-refractivity contribution < 1.29 is 9.18 Å². The zero-order valence-electron chi connectivity index (χ0n) is 10.5. The fourth-order valence-electron chi connectivity index (χ4n) is 1.69. The Hall–Kier alpha value is -1.45. The van der Waals surface area contributed by atoms with Crippen molar-refractivity contribution in [2.24, 2.45) is 5.92 Å². The minimum atomic E-state index is -0.722. The molecule has 1 N–H and O–H groups in total. The van der Waals surface area contributed by atoms with Gasteiger partial charge in [-0.25, -0.2) is 4.98 Å². The molecule has 1 rings (SSSR count). The number of nitrogens with zero attached hydrogens (tertiary/aromatic N) is 1. The van der Waals surface area contributed by atoms with Gasteiger partial charge in [0.1, 0.15) is 0 Å². The molecular weight excluding hydrogens is 219 g/mol. The van der Waals surface area contributed by atoms with Gasteiger partial charge in [-0.15, -0.1) is 0 Å². The first-order chi connectivity index (χ1) is 8.04. The summed E-state index contributed by atoms with van der Waals surface area (Å²) in [6, 6.07) is 3.03. The average molecular weight is 238 g/mol. The van der Waals surface area contributed by atoms with Gasteiger partial charge in [0, 0.05) is 12.2 Å². The molecule has 0 aliphatic carbocycles. The Balaban J connectivity index is 2.58. The summed E-state index contributed by atoms with van der Waals surface area (Å²) in [6.07, 6.45) is 3.29. The molecule has 1 amide bonds. The molecule has 17 heavy (non-hydrogen) atoms. The van der Waals surface area contributed by atoms with Crippen LogP contribution in [0.3, 0.4) is 0 Å². The number of halogens is 1. The molecular formula is C13H19FN2O. The molecule has 1 heterocycles. The number of pyridine rings is 1. The van der Waals surface area contributed by atoms with Gasteiger partial charge in [-0.2, -0.15) is 4.39 Å². The summed E-state index contributed by atoms with van der Waals surface area (Å²) in [7, 11) is 0. The largest absolute Gasteiger partial charge is 0.349 e. The van der Waals surface area contributed by atoms with E-state index in [1.165, 1.54) is 12.3 Å². The summed E-state index contributed by atoms with van der Waals surface area (Å²) in [6.45, 7) is 6.17. The van der Waals surface area contributed by atoms with Crippen LogP contribution in [0, 0.1) is 11.9 Å². The molecule has 0 saturated heterocycles. The maximum absolute atomic E-state index is 13.2.